The van der Waals surface area contributed by atoms with Gasteiger partial charge in [0.2, 0.25) is 0 Å². The van der Waals surface area contributed by atoms with E-state index in [0.717, 1.165) is 0 Å². The Kier molecular flexibility index (Phi) is 6.57. The zero-order chi connectivity index (χ0) is 34.9. The minimum atomic E-state index is -0.471. The predicted molar refractivity (Wildman–Crippen MR) is 225 cm³/mol. The van der Waals surface area contributed by atoms with Crippen molar-refractivity contribution < 1.29 is 0 Å². The highest BCUT2D eigenvalue weighted by Crippen LogP contribution is 2.56. The molecule has 0 saturated carbocycles. The second-order valence-electron chi connectivity index (χ2n) is 14.4. The van der Waals surface area contributed by atoms with Crippen molar-refractivity contribution in [2.24, 2.45) is 0 Å². The third-order valence-corrected chi connectivity index (χ3v) is 11.7. The smallest absolute Gasteiger partial charge is 0.0619 e. The lowest BCUT2D eigenvalue weighted by molar-refractivity contribution is 0.769. The molecule has 0 aliphatic heterocycles. The van der Waals surface area contributed by atoms with Gasteiger partial charge in [-0.15, -0.1) is 0 Å². The topological polar surface area (TPSA) is 0 Å². The van der Waals surface area contributed by atoms with Crippen LogP contribution in [0.3, 0.4) is 0 Å². The lowest BCUT2D eigenvalue weighted by Crippen LogP contribution is -2.28. The molecule has 0 aromatic heterocycles. The molecule has 0 bridgehead atoms. The van der Waals surface area contributed by atoms with Gasteiger partial charge in [-0.25, -0.2) is 0 Å². The number of rotatable bonds is 4. The molecule has 0 spiro atoms. The Morgan fingerprint density at radius 2 is 0.585 bits per heavy atom. The molecule has 10 aromatic carbocycles. The summed E-state index contributed by atoms with van der Waals surface area (Å²) < 4.78 is 0. The summed E-state index contributed by atoms with van der Waals surface area (Å²) >= 11 is 0. The van der Waals surface area contributed by atoms with E-state index in [0.29, 0.717) is 0 Å². The molecule has 0 atom stereocenters. The van der Waals surface area contributed by atoms with Gasteiger partial charge in [0.05, 0.1) is 5.41 Å². The molecule has 0 saturated heterocycles. The molecular formula is C53H34. The number of fused-ring (bicyclic) bond motifs is 9. The molecule has 0 fully saturated rings. The highest BCUT2D eigenvalue weighted by atomic mass is 14.5. The Labute approximate surface area is 309 Å². The van der Waals surface area contributed by atoms with E-state index in [1.807, 2.05) is 0 Å². The quantitative estimate of drug-likeness (QED) is 0.164. The van der Waals surface area contributed by atoms with Crippen LogP contribution in [0.2, 0.25) is 0 Å². The Hall–Kier alpha value is -6.76. The van der Waals surface area contributed by atoms with Crippen molar-refractivity contribution in [2.45, 2.75) is 5.41 Å². The van der Waals surface area contributed by atoms with Crippen molar-refractivity contribution in [2.75, 3.05) is 0 Å². The van der Waals surface area contributed by atoms with Crippen molar-refractivity contribution in [3.63, 3.8) is 0 Å². The third kappa shape index (κ3) is 4.36. The number of hydrogen-bond acceptors (Lipinski definition) is 0. The van der Waals surface area contributed by atoms with Gasteiger partial charge < -0.3 is 0 Å². The van der Waals surface area contributed by atoms with Gasteiger partial charge in [-0.2, -0.15) is 0 Å². The Morgan fingerprint density at radius 1 is 0.245 bits per heavy atom. The van der Waals surface area contributed by atoms with Crippen molar-refractivity contribution in [1.82, 2.24) is 0 Å². The van der Waals surface area contributed by atoms with Crippen LogP contribution in [0.15, 0.2) is 206 Å². The maximum absolute atomic E-state index is 2.38. The summed E-state index contributed by atoms with van der Waals surface area (Å²) in [5.74, 6) is 0. The van der Waals surface area contributed by atoms with Gasteiger partial charge in [-0.3, -0.25) is 0 Å². The summed E-state index contributed by atoms with van der Waals surface area (Å²) in [4.78, 5) is 0. The van der Waals surface area contributed by atoms with E-state index in [4.69, 9.17) is 0 Å². The second kappa shape index (κ2) is 11.6. The maximum Gasteiger partial charge on any atom is 0.0713 e. The van der Waals surface area contributed by atoms with Crippen LogP contribution in [0.1, 0.15) is 22.3 Å². The summed E-state index contributed by atoms with van der Waals surface area (Å²) in [7, 11) is 0. The molecule has 10 aromatic rings. The summed E-state index contributed by atoms with van der Waals surface area (Å²) in [6.07, 6.45) is 0. The fraction of sp³-hybridized carbons (Fsp3) is 0.0189. The Bertz CT molecular complexity index is 2830. The Balaban J connectivity index is 1.11. The fourth-order valence-corrected chi connectivity index (χ4v) is 9.41. The van der Waals surface area contributed by atoms with Gasteiger partial charge >= 0.3 is 0 Å². The zero-order valence-corrected chi connectivity index (χ0v) is 29.1. The normalized spacial score (nSPS) is 13.1. The van der Waals surface area contributed by atoms with E-state index in [1.165, 1.54) is 98.7 Å². The lowest BCUT2D eigenvalue weighted by Gasteiger charge is -2.34. The first kappa shape index (κ1) is 29.9. The van der Waals surface area contributed by atoms with Crippen molar-refractivity contribution in [3.8, 4) is 33.4 Å². The first-order valence-electron chi connectivity index (χ1n) is 18.5. The van der Waals surface area contributed by atoms with Crippen molar-refractivity contribution in [3.05, 3.63) is 229 Å². The van der Waals surface area contributed by atoms with Gasteiger partial charge in [-0.1, -0.05) is 194 Å². The van der Waals surface area contributed by atoms with Gasteiger partial charge in [-0.05, 0) is 111 Å². The first-order valence-corrected chi connectivity index (χ1v) is 18.5. The summed E-state index contributed by atoms with van der Waals surface area (Å²) in [6, 6.07) is 76.7. The Morgan fingerprint density at radius 3 is 1.02 bits per heavy atom. The van der Waals surface area contributed by atoms with Crippen molar-refractivity contribution in [1.29, 1.82) is 0 Å². The molecule has 0 radical (unpaired) electrons. The molecule has 0 N–H and O–H groups in total. The van der Waals surface area contributed by atoms with Gasteiger partial charge in [0.1, 0.15) is 0 Å². The molecule has 246 valence electrons. The van der Waals surface area contributed by atoms with Crippen LogP contribution in [-0.2, 0) is 5.41 Å². The van der Waals surface area contributed by atoms with E-state index in [1.54, 1.807) is 0 Å². The van der Waals surface area contributed by atoms with Crippen LogP contribution >= 0.6 is 0 Å². The number of benzene rings is 10. The molecule has 53 heavy (non-hydrogen) atoms. The summed E-state index contributed by atoms with van der Waals surface area (Å²) in [5, 5.41) is 10.3. The molecule has 0 unspecified atom stereocenters. The first-order chi connectivity index (χ1) is 26.3. The molecule has 0 heteroatoms. The SMILES string of the molecule is c1ccc2c(c1)-c1ccccc1C2(c1ccc(-c2cc3ccccc3c3ccccc23)cc1)c1ccc(-c2cc3ccccc3c3ccccc23)cc1. The number of hydrogen-bond donors (Lipinski definition) is 0. The second-order valence-corrected chi connectivity index (χ2v) is 14.4. The van der Waals surface area contributed by atoms with Crippen LogP contribution < -0.4 is 0 Å². The lowest BCUT2D eigenvalue weighted by atomic mass is 9.67. The standard InChI is InChI=1S/C53H34/c1-3-15-41-37(13-1)33-49(45-19-7-5-17-43(41)45)35-25-29-39(30-26-35)53(51-23-11-9-21-47(51)48-22-10-12-24-52(48)53)40-31-27-36(28-32-40)50-34-38-14-2-4-16-42(38)44-18-6-8-20-46(44)50/h1-34H. The van der Waals surface area contributed by atoms with E-state index < -0.39 is 5.41 Å². The zero-order valence-electron chi connectivity index (χ0n) is 29.1. The molecule has 1 aliphatic rings. The van der Waals surface area contributed by atoms with Crippen LogP contribution in [0.25, 0.3) is 76.5 Å². The average molecular weight is 671 g/mol. The van der Waals surface area contributed by atoms with E-state index in [-0.39, 0.29) is 0 Å². The van der Waals surface area contributed by atoms with Gasteiger partial charge in [0.25, 0.3) is 0 Å². The fourth-order valence-electron chi connectivity index (χ4n) is 9.41. The summed E-state index contributed by atoms with van der Waals surface area (Å²) in [5.41, 5.74) is 12.3. The van der Waals surface area contributed by atoms with Gasteiger partial charge in [0, 0.05) is 0 Å². The third-order valence-electron chi connectivity index (χ3n) is 11.7. The van der Waals surface area contributed by atoms with E-state index in [9.17, 15) is 0 Å². The van der Waals surface area contributed by atoms with E-state index in [2.05, 4.69) is 206 Å². The van der Waals surface area contributed by atoms with Crippen LogP contribution in [0, 0.1) is 0 Å². The van der Waals surface area contributed by atoms with E-state index >= 15 is 0 Å². The highest BCUT2D eigenvalue weighted by Gasteiger charge is 2.45. The van der Waals surface area contributed by atoms with Gasteiger partial charge in [0.15, 0.2) is 0 Å². The minimum Gasteiger partial charge on any atom is -0.0619 e. The molecular weight excluding hydrogens is 637 g/mol. The maximum atomic E-state index is 2.38. The average Bonchev–Trinajstić information content (AvgIpc) is 3.54. The van der Waals surface area contributed by atoms with Crippen molar-refractivity contribution >= 4 is 43.1 Å². The monoisotopic (exact) mass is 670 g/mol. The summed E-state index contributed by atoms with van der Waals surface area (Å²) in [6.45, 7) is 0. The minimum absolute atomic E-state index is 0.471. The predicted octanol–water partition coefficient (Wildman–Crippen LogP) is 14.0. The van der Waals surface area contributed by atoms with Crippen LogP contribution in [0.4, 0.5) is 0 Å². The van der Waals surface area contributed by atoms with Crippen LogP contribution in [-0.4, -0.2) is 0 Å². The highest BCUT2D eigenvalue weighted by molar-refractivity contribution is 6.15. The molecule has 1 aliphatic carbocycles. The largest absolute Gasteiger partial charge is 0.0713 e. The molecule has 11 rings (SSSR count). The van der Waals surface area contributed by atoms with Crippen LogP contribution in [0.5, 0.6) is 0 Å². The molecule has 0 amide bonds. The molecule has 0 heterocycles. The molecule has 0 nitrogen and oxygen atoms in total.